The van der Waals surface area contributed by atoms with Crippen LogP contribution in [0.4, 0.5) is 0 Å². The molecule has 0 aliphatic heterocycles. The van der Waals surface area contributed by atoms with E-state index in [0.717, 1.165) is 11.3 Å². The highest BCUT2D eigenvalue weighted by Crippen LogP contribution is 2.45. The Morgan fingerprint density at radius 3 is 1.60 bits per heavy atom. The van der Waals surface area contributed by atoms with Crippen LogP contribution in [0.5, 0.6) is 0 Å². The van der Waals surface area contributed by atoms with Crippen LogP contribution in [-0.4, -0.2) is 22.8 Å². The van der Waals surface area contributed by atoms with Crippen LogP contribution in [0.2, 0.25) is 0 Å². The molecule has 0 radical (unpaired) electrons. The lowest BCUT2D eigenvalue weighted by molar-refractivity contribution is 1.00. The number of rotatable bonds is 4. The molecule has 0 amide bonds. The molecule has 0 saturated carbocycles. The van der Waals surface area contributed by atoms with E-state index in [9.17, 15) is 0 Å². The molecule has 0 aromatic heterocycles. The average Bonchev–Trinajstić information content (AvgIpc) is 1.81. The summed E-state index contributed by atoms with van der Waals surface area (Å²) in [4.78, 5) is 0. The predicted molar refractivity (Wildman–Crippen MR) is 55.9 cm³/mol. The molecule has 0 saturated heterocycles. The molecule has 10 heavy (non-hydrogen) atoms. The fraction of sp³-hybridized carbons (Fsp3) is 1.00. The lowest BCUT2D eigenvalue weighted by Crippen LogP contribution is -2.06. The minimum atomic E-state index is 0.274. The summed E-state index contributed by atoms with van der Waals surface area (Å²) in [7, 11) is 0.274. The molecule has 62 valence electrons. The number of hydrogen-bond donors (Lipinski definition) is 0. The molecule has 0 aromatic carbocycles. The minimum absolute atomic E-state index is 0.274. The van der Waals surface area contributed by atoms with Crippen LogP contribution in [0.1, 0.15) is 27.7 Å². The largest absolute Gasteiger partial charge is 0.101 e. The molecular weight excluding hydrogens is 207 g/mol. The summed E-state index contributed by atoms with van der Waals surface area (Å²) < 4.78 is 0. The fourth-order valence-electron chi connectivity index (χ4n) is 1.21. The lowest BCUT2D eigenvalue weighted by Gasteiger charge is -2.24. The van der Waals surface area contributed by atoms with Gasteiger partial charge in [-0.15, -0.1) is 7.92 Å². The molecule has 0 nitrogen and oxygen atoms in total. The summed E-state index contributed by atoms with van der Waals surface area (Å²) in [5.41, 5.74) is 1.79. The molecule has 0 rings (SSSR count). The molecule has 0 fully saturated rings. The normalized spacial score (nSPS) is 12.0. The molecule has 0 aliphatic carbocycles. The summed E-state index contributed by atoms with van der Waals surface area (Å²) in [6.45, 7) is 9.37. The Labute approximate surface area is 74.7 Å². The quantitative estimate of drug-likeness (QED) is 0.505. The van der Waals surface area contributed by atoms with Gasteiger partial charge in [0.1, 0.15) is 0 Å². The van der Waals surface area contributed by atoms with E-state index in [-0.39, 0.29) is 7.92 Å². The third kappa shape index (κ3) is 3.93. The standard InChI is InChI=1S/C8H18BrP/c1-7(2)10(6-5-9)8(3)4/h7-8H,5-6H2,1-4H3. The van der Waals surface area contributed by atoms with Crippen molar-refractivity contribution in [3.05, 3.63) is 0 Å². The van der Waals surface area contributed by atoms with Crippen molar-refractivity contribution in [1.29, 1.82) is 0 Å². The van der Waals surface area contributed by atoms with Crippen LogP contribution in [0, 0.1) is 0 Å². The number of halogens is 1. The van der Waals surface area contributed by atoms with Gasteiger partial charge in [0.25, 0.3) is 0 Å². The topological polar surface area (TPSA) is 0 Å². The van der Waals surface area contributed by atoms with Crippen molar-refractivity contribution < 1.29 is 0 Å². The molecule has 0 spiro atoms. The average molecular weight is 225 g/mol. The molecule has 0 N–H and O–H groups in total. The highest BCUT2D eigenvalue weighted by Gasteiger charge is 2.14. The molecule has 0 aliphatic rings. The van der Waals surface area contributed by atoms with Crippen molar-refractivity contribution in [2.24, 2.45) is 0 Å². The van der Waals surface area contributed by atoms with Crippen molar-refractivity contribution in [2.45, 2.75) is 39.0 Å². The van der Waals surface area contributed by atoms with E-state index in [0.29, 0.717) is 0 Å². The first-order valence-electron chi connectivity index (χ1n) is 3.91. The van der Waals surface area contributed by atoms with E-state index in [1.165, 1.54) is 11.5 Å². The second-order valence-corrected chi connectivity index (χ2v) is 7.45. The van der Waals surface area contributed by atoms with Gasteiger partial charge < -0.3 is 0 Å². The summed E-state index contributed by atoms with van der Waals surface area (Å²) in [5.74, 6) is 0. The van der Waals surface area contributed by atoms with E-state index in [1.54, 1.807) is 0 Å². The summed E-state index contributed by atoms with van der Waals surface area (Å²) in [6.07, 6.45) is 1.38. The van der Waals surface area contributed by atoms with Crippen molar-refractivity contribution in [3.63, 3.8) is 0 Å². The first-order valence-corrected chi connectivity index (χ1v) is 6.70. The number of alkyl halides is 1. The van der Waals surface area contributed by atoms with Crippen molar-refractivity contribution in [3.8, 4) is 0 Å². The van der Waals surface area contributed by atoms with E-state index in [4.69, 9.17) is 0 Å². The molecule has 0 bridgehead atoms. The second-order valence-electron chi connectivity index (χ2n) is 3.11. The van der Waals surface area contributed by atoms with Gasteiger partial charge >= 0.3 is 0 Å². The smallest absolute Gasteiger partial charge is 0.00708 e. The highest BCUT2D eigenvalue weighted by molar-refractivity contribution is 9.09. The monoisotopic (exact) mass is 224 g/mol. The maximum atomic E-state index is 3.50. The van der Waals surface area contributed by atoms with Crippen LogP contribution < -0.4 is 0 Å². The Bertz CT molecular complexity index is 73.3. The second kappa shape index (κ2) is 5.55. The first kappa shape index (κ1) is 10.9. The van der Waals surface area contributed by atoms with E-state index >= 15 is 0 Å². The Hall–Kier alpha value is 0.910. The van der Waals surface area contributed by atoms with Crippen molar-refractivity contribution >= 4 is 23.9 Å². The Morgan fingerprint density at radius 2 is 1.50 bits per heavy atom. The molecule has 0 atom stereocenters. The van der Waals surface area contributed by atoms with Crippen molar-refractivity contribution in [1.82, 2.24) is 0 Å². The zero-order chi connectivity index (χ0) is 8.15. The molecule has 2 heteroatoms. The molecule has 0 unspecified atom stereocenters. The van der Waals surface area contributed by atoms with Crippen LogP contribution >= 0.6 is 23.9 Å². The lowest BCUT2D eigenvalue weighted by atomic mass is 10.5. The molecule has 0 heterocycles. The van der Waals surface area contributed by atoms with Gasteiger partial charge in [0, 0.05) is 5.33 Å². The minimum Gasteiger partial charge on any atom is -0.101 e. The molecule has 0 aromatic rings. The number of hydrogen-bond acceptors (Lipinski definition) is 0. The van der Waals surface area contributed by atoms with E-state index in [2.05, 4.69) is 43.6 Å². The van der Waals surface area contributed by atoms with Gasteiger partial charge in [0.15, 0.2) is 0 Å². The predicted octanol–water partition coefficient (Wildman–Crippen LogP) is 3.68. The van der Waals surface area contributed by atoms with Gasteiger partial charge in [0.2, 0.25) is 0 Å². The maximum absolute atomic E-state index is 3.50. The Kier molecular flexibility index (Phi) is 6.05. The first-order chi connectivity index (χ1) is 4.59. The van der Waals surface area contributed by atoms with Crippen molar-refractivity contribution in [2.75, 3.05) is 11.5 Å². The van der Waals surface area contributed by atoms with Gasteiger partial charge in [-0.05, 0) is 17.5 Å². The van der Waals surface area contributed by atoms with Gasteiger partial charge in [-0.25, -0.2) is 0 Å². The molecular formula is C8H18BrP. The Balaban J connectivity index is 3.73. The third-order valence-corrected chi connectivity index (χ3v) is 6.07. The zero-order valence-corrected chi connectivity index (χ0v) is 9.87. The van der Waals surface area contributed by atoms with Gasteiger partial charge in [-0.1, -0.05) is 43.6 Å². The SMILES string of the molecule is CC(C)P(CCBr)C(C)C. The van der Waals surface area contributed by atoms with Crippen LogP contribution in [0.15, 0.2) is 0 Å². The van der Waals surface area contributed by atoms with Crippen LogP contribution in [0.3, 0.4) is 0 Å². The zero-order valence-electron chi connectivity index (χ0n) is 7.39. The Morgan fingerprint density at radius 1 is 1.10 bits per heavy atom. The van der Waals surface area contributed by atoms with E-state index in [1.807, 2.05) is 0 Å². The summed E-state index contributed by atoms with van der Waals surface area (Å²) >= 11 is 3.50. The maximum Gasteiger partial charge on any atom is 0.00708 e. The highest BCUT2D eigenvalue weighted by atomic mass is 79.9. The van der Waals surface area contributed by atoms with Crippen LogP contribution in [0.25, 0.3) is 0 Å². The fourth-order valence-corrected chi connectivity index (χ4v) is 4.86. The van der Waals surface area contributed by atoms with Gasteiger partial charge in [-0.3, -0.25) is 0 Å². The summed E-state index contributed by atoms with van der Waals surface area (Å²) in [6, 6.07) is 0. The third-order valence-electron chi connectivity index (χ3n) is 1.67. The van der Waals surface area contributed by atoms with Crippen LogP contribution in [-0.2, 0) is 0 Å². The van der Waals surface area contributed by atoms with Gasteiger partial charge in [-0.2, -0.15) is 0 Å². The van der Waals surface area contributed by atoms with E-state index < -0.39 is 0 Å². The van der Waals surface area contributed by atoms with Gasteiger partial charge in [0.05, 0.1) is 0 Å². The summed E-state index contributed by atoms with van der Waals surface area (Å²) in [5, 5.41) is 1.18.